The Morgan fingerprint density at radius 1 is 1.56 bits per heavy atom. The zero-order chi connectivity index (χ0) is 12.3. The maximum Gasteiger partial charge on any atom is 0.271 e. The summed E-state index contributed by atoms with van der Waals surface area (Å²) in [7, 11) is 0. The molecule has 0 bridgehead atoms. The number of aromatic nitrogens is 2. The Morgan fingerprint density at radius 3 is 2.69 bits per heavy atom. The molecule has 90 valence electrons. The molecule has 0 radical (unpaired) electrons. The van der Waals surface area contributed by atoms with Gasteiger partial charge in [0.1, 0.15) is 5.69 Å². The molecular formula is C11H20N4O. The first-order valence-corrected chi connectivity index (χ1v) is 5.64. The van der Waals surface area contributed by atoms with Crippen molar-refractivity contribution in [3.8, 4) is 0 Å². The van der Waals surface area contributed by atoms with Crippen molar-refractivity contribution in [2.24, 2.45) is 0 Å². The van der Waals surface area contributed by atoms with Gasteiger partial charge in [0.2, 0.25) is 0 Å². The third-order valence-electron chi connectivity index (χ3n) is 2.68. The molecule has 0 aromatic carbocycles. The molecule has 3 N–H and O–H groups in total. The summed E-state index contributed by atoms with van der Waals surface area (Å²) in [5.74, 6) is -0.144. The number of nitrogen functional groups attached to an aromatic ring is 1. The van der Waals surface area contributed by atoms with Crippen LogP contribution in [0.4, 0.5) is 5.69 Å². The summed E-state index contributed by atoms with van der Waals surface area (Å²) in [5, 5.41) is 7.11. The molecule has 0 saturated carbocycles. The Hall–Kier alpha value is -1.52. The topological polar surface area (TPSA) is 72.9 Å². The molecule has 0 saturated heterocycles. The van der Waals surface area contributed by atoms with Crippen molar-refractivity contribution in [3.63, 3.8) is 0 Å². The Bertz CT molecular complexity index is 384. The zero-order valence-corrected chi connectivity index (χ0v) is 10.4. The van der Waals surface area contributed by atoms with Crippen LogP contribution < -0.4 is 11.1 Å². The molecule has 5 nitrogen and oxygen atoms in total. The quantitative estimate of drug-likeness (QED) is 0.810. The number of aryl methyl sites for hydroxylation is 2. The second-order valence-electron chi connectivity index (χ2n) is 3.95. The van der Waals surface area contributed by atoms with Crippen LogP contribution >= 0.6 is 0 Å². The lowest BCUT2D eigenvalue weighted by Crippen LogP contribution is -2.34. The highest BCUT2D eigenvalue weighted by molar-refractivity contribution is 5.98. The van der Waals surface area contributed by atoms with Gasteiger partial charge in [0.15, 0.2) is 0 Å². The van der Waals surface area contributed by atoms with E-state index in [0.717, 1.165) is 6.42 Å². The molecule has 1 rings (SSSR count). The Balaban J connectivity index is 2.98. The Morgan fingerprint density at radius 2 is 2.19 bits per heavy atom. The summed E-state index contributed by atoms with van der Waals surface area (Å²) >= 11 is 0. The van der Waals surface area contributed by atoms with Crippen molar-refractivity contribution < 1.29 is 4.79 Å². The van der Waals surface area contributed by atoms with Crippen molar-refractivity contribution in [2.75, 3.05) is 5.73 Å². The first-order chi connectivity index (χ1) is 7.51. The van der Waals surface area contributed by atoms with E-state index in [1.165, 1.54) is 0 Å². The van der Waals surface area contributed by atoms with E-state index in [2.05, 4.69) is 10.4 Å². The molecule has 1 amide bonds. The largest absolute Gasteiger partial charge is 0.395 e. The van der Waals surface area contributed by atoms with E-state index in [1.807, 2.05) is 27.7 Å². The number of nitrogens with zero attached hydrogens (tertiary/aromatic N) is 2. The number of hydrogen-bond acceptors (Lipinski definition) is 3. The Kier molecular flexibility index (Phi) is 3.93. The van der Waals surface area contributed by atoms with E-state index < -0.39 is 0 Å². The summed E-state index contributed by atoms with van der Waals surface area (Å²) in [6.45, 7) is 8.37. The number of nitrogens with two attached hydrogens (primary N) is 1. The summed E-state index contributed by atoms with van der Waals surface area (Å²) in [5.41, 5.74) is 7.50. The van der Waals surface area contributed by atoms with Crippen LogP contribution in [-0.4, -0.2) is 21.7 Å². The van der Waals surface area contributed by atoms with Gasteiger partial charge < -0.3 is 11.1 Å². The van der Waals surface area contributed by atoms with Gasteiger partial charge in [-0.3, -0.25) is 9.48 Å². The van der Waals surface area contributed by atoms with Crippen molar-refractivity contribution in [3.05, 3.63) is 11.4 Å². The lowest BCUT2D eigenvalue weighted by molar-refractivity contribution is 0.0929. The number of carbonyl (C=O) groups excluding carboxylic acids is 1. The third-order valence-corrected chi connectivity index (χ3v) is 2.68. The fourth-order valence-electron chi connectivity index (χ4n) is 1.46. The van der Waals surface area contributed by atoms with Gasteiger partial charge in [-0.15, -0.1) is 0 Å². The summed E-state index contributed by atoms with van der Waals surface area (Å²) in [4.78, 5) is 12.0. The van der Waals surface area contributed by atoms with Gasteiger partial charge in [-0.1, -0.05) is 6.92 Å². The fourth-order valence-corrected chi connectivity index (χ4v) is 1.46. The molecule has 16 heavy (non-hydrogen) atoms. The average Bonchev–Trinajstić information content (AvgIpc) is 2.54. The lowest BCUT2D eigenvalue weighted by Gasteiger charge is -2.12. The molecule has 0 aliphatic rings. The first-order valence-electron chi connectivity index (χ1n) is 5.64. The molecule has 1 heterocycles. The van der Waals surface area contributed by atoms with E-state index >= 15 is 0 Å². The lowest BCUT2D eigenvalue weighted by atomic mass is 10.2. The monoisotopic (exact) mass is 224 g/mol. The minimum absolute atomic E-state index is 0.144. The van der Waals surface area contributed by atoms with Gasteiger partial charge >= 0.3 is 0 Å². The van der Waals surface area contributed by atoms with Gasteiger partial charge in [-0.05, 0) is 27.2 Å². The smallest absolute Gasteiger partial charge is 0.271 e. The maximum absolute atomic E-state index is 12.0. The standard InChI is InChI=1S/C11H20N4O/c1-5-7(3)13-11(16)10-9(12)8(4)14-15(10)6-2/h7H,5-6,12H2,1-4H3,(H,13,16). The predicted molar refractivity (Wildman–Crippen MR) is 64.3 cm³/mol. The first kappa shape index (κ1) is 12.5. The number of carbonyl (C=O) groups is 1. The minimum atomic E-state index is -0.144. The van der Waals surface area contributed by atoms with Crippen LogP contribution in [0.25, 0.3) is 0 Å². The Labute approximate surface area is 96.0 Å². The molecule has 0 aliphatic heterocycles. The van der Waals surface area contributed by atoms with E-state index in [0.29, 0.717) is 23.6 Å². The molecule has 1 aromatic heterocycles. The third kappa shape index (κ3) is 2.35. The predicted octanol–water partition coefficient (Wildman–Crippen LogP) is 1.32. The highest BCUT2D eigenvalue weighted by Gasteiger charge is 2.19. The summed E-state index contributed by atoms with van der Waals surface area (Å²) in [6, 6.07) is 0.146. The van der Waals surface area contributed by atoms with Gasteiger partial charge in [0.25, 0.3) is 5.91 Å². The van der Waals surface area contributed by atoms with Crippen LogP contribution in [0.15, 0.2) is 0 Å². The highest BCUT2D eigenvalue weighted by Crippen LogP contribution is 2.16. The van der Waals surface area contributed by atoms with Crippen LogP contribution in [0.1, 0.15) is 43.4 Å². The van der Waals surface area contributed by atoms with Crippen LogP contribution in [0.5, 0.6) is 0 Å². The van der Waals surface area contributed by atoms with Crippen LogP contribution in [-0.2, 0) is 6.54 Å². The number of rotatable bonds is 4. The van der Waals surface area contributed by atoms with E-state index in [1.54, 1.807) is 4.68 Å². The van der Waals surface area contributed by atoms with Crippen LogP contribution in [0, 0.1) is 6.92 Å². The van der Waals surface area contributed by atoms with Crippen molar-refractivity contribution >= 4 is 11.6 Å². The highest BCUT2D eigenvalue weighted by atomic mass is 16.2. The molecule has 0 spiro atoms. The zero-order valence-electron chi connectivity index (χ0n) is 10.4. The fraction of sp³-hybridized carbons (Fsp3) is 0.636. The molecule has 0 aliphatic carbocycles. The van der Waals surface area contributed by atoms with Gasteiger partial charge in [-0.2, -0.15) is 5.10 Å². The van der Waals surface area contributed by atoms with Crippen molar-refractivity contribution in [2.45, 2.75) is 46.7 Å². The van der Waals surface area contributed by atoms with Crippen molar-refractivity contribution in [1.29, 1.82) is 0 Å². The van der Waals surface area contributed by atoms with Gasteiger partial charge in [-0.25, -0.2) is 0 Å². The van der Waals surface area contributed by atoms with Crippen LogP contribution in [0.3, 0.4) is 0 Å². The second-order valence-corrected chi connectivity index (χ2v) is 3.95. The molecule has 0 fully saturated rings. The maximum atomic E-state index is 12.0. The molecule has 1 atom stereocenters. The second kappa shape index (κ2) is 5.01. The molecule has 1 unspecified atom stereocenters. The number of anilines is 1. The number of hydrogen-bond donors (Lipinski definition) is 2. The molecular weight excluding hydrogens is 204 g/mol. The van der Waals surface area contributed by atoms with E-state index in [4.69, 9.17) is 5.73 Å². The summed E-state index contributed by atoms with van der Waals surface area (Å²) in [6.07, 6.45) is 0.894. The van der Waals surface area contributed by atoms with Crippen LogP contribution in [0.2, 0.25) is 0 Å². The SMILES string of the molecule is CCC(C)NC(=O)c1c(N)c(C)nn1CC. The van der Waals surface area contributed by atoms with E-state index in [9.17, 15) is 4.79 Å². The van der Waals surface area contributed by atoms with E-state index in [-0.39, 0.29) is 11.9 Å². The molecule has 1 aromatic rings. The minimum Gasteiger partial charge on any atom is -0.395 e. The normalized spacial score (nSPS) is 12.5. The van der Waals surface area contributed by atoms with Gasteiger partial charge in [0.05, 0.1) is 11.4 Å². The molecule has 5 heteroatoms. The van der Waals surface area contributed by atoms with Crippen molar-refractivity contribution in [1.82, 2.24) is 15.1 Å². The average molecular weight is 224 g/mol. The van der Waals surface area contributed by atoms with Gasteiger partial charge in [0, 0.05) is 12.6 Å². The number of nitrogens with one attached hydrogen (secondary N) is 1. The number of amides is 1. The summed E-state index contributed by atoms with van der Waals surface area (Å²) < 4.78 is 1.64.